The standard InChI is InChI=1S/C16H15NO4/c1-16(2)12-13(16)15(21)17(14(12)20)10-5-3-4-9(8-10)6-7-11(18)19/h3-8,12-13H,1-2H3,(H,18,19). The normalized spacial score (nSPS) is 26.3. The van der Waals surface area contributed by atoms with Crippen molar-refractivity contribution in [1.29, 1.82) is 0 Å². The molecule has 0 aromatic heterocycles. The van der Waals surface area contributed by atoms with Crippen molar-refractivity contribution >= 4 is 29.5 Å². The maximum Gasteiger partial charge on any atom is 0.328 e. The Labute approximate surface area is 121 Å². The van der Waals surface area contributed by atoms with E-state index in [9.17, 15) is 14.4 Å². The number of carboxylic acids is 1. The van der Waals surface area contributed by atoms with Gasteiger partial charge in [-0.15, -0.1) is 0 Å². The lowest BCUT2D eigenvalue weighted by Crippen LogP contribution is -2.36. The molecule has 5 heteroatoms. The zero-order valence-electron chi connectivity index (χ0n) is 11.7. The highest BCUT2D eigenvalue weighted by Gasteiger charge is 2.72. The number of fused-ring (bicyclic) bond motifs is 1. The smallest absolute Gasteiger partial charge is 0.328 e. The molecule has 1 saturated heterocycles. The molecular weight excluding hydrogens is 270 g/mol. The molecule has 108 valence electrons. The van der Waals surface area contributed by atoms with E-state index in [1.807, 2.05) is 13.8 Å². The van der Waals surface area contributed by atoms with Crippen LogP contribution in [-0.4, -0.2) is 22.9 Å². The van der Waals surface area contributed by atoms with Gasteiger partial charge in [-0.2, -0.15) is 0 Å². The monoisotopic (exact) mass is 285 g/mol. The van der Waals surface area contributed by atoms with Gasteiger partial charge in [-0.3, -0.25) is 9.59 Å². The van der Waals surface area contributed by atoms with Crippen molar-refractivity contribution in [2.45, 2.75) is 13.8 Å². The van der Waals surface area contributed by atoms with E-state index in [0.29, 0.717) is 11.3 Å². The van der Waals surface area contributed by atoms with E-state index in [1.165, 1.54) is 11.0 Å². The molecule has 1 aromatic carbocycles. The van der Waals surface area contributed by atoms with Crippen LogP contribution in [0, 0.1) is 17.3 Å². The molecule has 2 unspecified atom stereocenters. The molecule has 1 heterocycles. The first-order valence-electron chi connectivity index (χ1n) is 6.73. The van der Waals surface area contributed by atoms with Crippen LogP contribution in [0.2, 0.25) is 0 Å². The molecular formula is C16H15NO4. The zero-order chi connectivity index (χ0) is 15.4. The minimum Gasteiger partial charge on any atom is -0.478 e. The predicted octanol–water partition coefficient (Wildman–Crippen LogP) is 1.93. The lowest BCUT2D eigenvalue weighted by Gasteiger charge is -2.20. The van der Waals surface area contributed by atoms with Crippen molar-refractivity contribution in [3.63, 3.8) is 0 Å². The zero-order valence-corrected chi connectivity index (χ0v) is 11.7. The Bertz CT molecular complexity index is 665. The number of carbonyl (C=O) groups is 3. The highest BCUT2D eigenvalue weighted by Crippen LogP contribution is 2.63. The molecule has 2 amide bonds. The van der Waals surface area contributed by atoms with Gasteiger partial charge in [-0.05, 0) is 29.2 Å². The summed E-state index contributed by atoms with van der Waals surface area (Å²) < 4.78 is 0. The van der Waals surface area contributed by atoms with E-state index in [-0.39, 0.29) is 29.1 Å². The summed E-state index contributed by atoms with van der Waals surface area (Å²) in [6, 6.07) is 6.75. The molecule has 1 aliphatic heterocycles. The van der Waals surface area contributed by atoms with Gasteiger partial charge in [0.05, 0.1) is 17.5 Å². The summed E-state index contributed by atoms with van der Waals surface area (Å²) in [5, 5.41) is 8.63. The van der Waals surface area contributed by atoms with Gasteiger partial charge >= 0.3 is 5.97 Å². The van der Waals surface area contributed by atoms with Crippen LogP contribution >= 0.6 is 0 Å². The second-order valence-electron chi connectivity index (χ2n) is 6.06. The molecule has 2 atom stereocenters. The van der Waals surface area contributed by atoms with Crippen molar-refractivity contribution < 1.29 is 19.5 Å². The fourth-order valence-corrected chi connectivity index (χ4v) is 3.14. The molecule has 0 spiro atoms. The van der Waals surface area contributed by atoms with Crippen LogP contribution in [0.25, 0.3) is 6.08 Å². The number of carboxylic acid groups (broad SMARTS) is 1. The molecule has 0 radical (unpaired) electrons. The minimum atomic E-state index is -1.04. The first-order valence-corrected chi connectivity index (χ1v) is 6.73. The fraction of sp³-hybridized carbons (Fsp3) is 0.312. The summed E-state index contributed by atoms with van der Waals surface area (Å²) in [7, 11) is 0. The number of rotatable bonds is 3. The van der Waals surface area contributed by atoms with Crippen LogP contribution in [0.5, 0.6) is 0 Å². The third kappa shape index (κ3) is 1.96. The van der Waals surface area contributed by atoms with Crippen molar-refractivity contribution in [2.24, 2.45) is 17.3 Å². The number of hydrogen-bond donors (Lipinski definition) is 1. The van der Waals surface area contributed by atoms with Gasteiger partial charge in [0, 0.05) is 6.08 Å². The number of amides is 2. The van der Waals surface area contributed by atoms with Crippen LogP contribution in [-0.2, 0) is 14.4 Å². The minimum absolute atomic E-state index is 0.158. The van der Waals surface area contributed by atoms with E-state index in [4.69, 9.17) is 5.11 Å². The lowest BCUT2D eigenvalue weighted by atomic mass is 10.0. The third-order valence-electron chi connectivity index (χ3n) is 4.35. The number of imide groups is 1. The van der Waals surface area contributed by atoms with E-state index in [0.717, 1.165) is 6.08 Å². The first-order chi connectivity index (χ1) is 9.84. The van der Waals surface area contributed by atoms with Crippen LogP contribution in [0.3, 0.4) is 0 Å². The van der Waals surface area contributed by atoms with Crippen molar-refractivity contribution in [3.8, 4) is 0 Å². The first kappa shape index (κ1) is 13.5. The fourth-order valence-electron chi connectivity index (χ4n) is 3.14. The van der Waals surface area contributed by atoms with E-state index in [2.05, 4.69) is 0 Å². The van der Waals surface area contributed by atoms with Crippen LogP contribution < -0.4 is 4.90 Å². The number of benzene rings is 1. The van der Waals surface area contributed by atoms with Crippen molar-refractivity contribution in [2.75, 3.05) is 4.90 Å². The number of anilines is 1. The van der Waals surface area contributed by atoms with Crippen molar-refractivity contribution in [3.05, 3.63) is 35.9 Å². The number of piperidine rings is 1. The second kappa shape index (κ2) is 4.28. The topological polar surface area (TPSA) is 74.7 Å². The third-order valence-corrected chi connectivity index (χ3v) is 4.35. The van der Waals surface area contributed by atoms with Crippen molar-refractivity contribution in [1.82, 2.24) is 0 Å². The molecule has 2 fully saturated rings. The van der Waals surface area contributed by atoms with Gasteiger partial charge in [-0.1, -0.05) is 26.0 Å². The Hall–Kier alpha value is -2.43. The van der Waals surface area contributed by atoms with Gasteiger partial charge < -0.3 is 5.11 Å². The Morgan fingerprint density at radius 2 is 1.86 bits per heavy atom. The molecule has 1 N–H and O–H groups in total. The van der Waals surface area contributed by atoms with Gasteiger partial charge in [0.15, 0.2) is 0 Å². The molecule has 5 nitrogen and oxygen atoms in total. The summed E-state index contributed by atoms with van der Waals surface area (Å²) in [5.74, 6) is -1.80. The van der Waals surface area contributed by atoms with Crippen LogP contribution in [0.4, 0.5) is 5.69 Å². The number of aliphatic carboxylic acids is 1. The molecule has 3 rings (SSSR count). The summed E-state index contributed by atoms with van der Waals surface area (Å²) in [6.07, 6.45) is 2.45. The maximum atomic E-state index is 12.3. The average Bonchev–Trinajstić information content (AvgIpc) is 2.87. The Balaban J connectivity index is 1.89. The molecule has 1 aliphatic carbocycles. The van der Waals surface area contributed by atoms with Gasteiger partial charge in [0.1, 0.15) is 0 Å². The highest BCUT2D eigenvalue weighted by atomic mass is 16.4. The quantitative estimate of drug-likeness (QED) is 0.680. The summed E-state index contributed by atoms with van der Waals surface area (Å²) in [4.78, 5) is 36.4. The predicted molar refractivity (Wildman–Crippen MR) is 76.4 cm³/mol. The lowest BCUT2D eigenvalue weighted by molar-refractivity contribution is -0.131. The average molecular weight is 285 g/mol. The molecule has 0 bridgehead atoms. The molecule has 1 saturated carbocycles. The van der Waals surface area contributed by atoms with Crippen LogP contribution in [0.1, 0.15) is 19.4 Å². The number of hydrogen-bond acceptors (Lipinski definition) is 3. The summed E-state index contributed by atoms with van der Waals surface area (Å²) in [6.45, 7) is 3.86. The maximum absolute atomic E-state index is 12.3. The van der Waals surface area contributed by atoms with Gasteiger partial charge in [0.25, 0.3) is 0 Å². The molecule has 21 heavy (non-hydrogen) atoms. The largest absolute Gasteiger partial charge is 0.478 e. The molecule has 2 aliphatic rings. The number of nitrogens with zero attached hydrogens (tertiary/aromatic N) is 1. The SMILES string of the molecule is CC1(C)C2C(=O)N(c3cccc(C=CC(=O)O)c3)C(=O)C21. The Morgan fingerprint density at radius 3 is 2.43 bits per heavy atom. The summed E-state index contributed by atoms with van der Waals surface area (Å²) in [5.41, 5.74) is 0.904. The summed E-state index contributed by atoms with van der Waals surface area (Å²) >= 11 is 0. The van der Waals surface area contributed by atoms with Gasteiger partial charge in [0.2, 0.25) is 11.8 Å². The van der Waals surface area contributed by atoms with E-state index < -0.39 is 5.97 Å². The molecule has 1 aromatic rings. The van der Waals surface area contributed by atoms with Gasteiger partial charge in [-0.25, -0.2) is 9.69 Å². The van der Waals surface area contributed by atoms with E-state index >= 15 is 0 Å². The Kier molecular flexibility index (Phi) is 2.76. The Morgan fingerprint density at radius 1 is 1.24 bits per heavy atom. The number of carbonyl (C=O) groups excluding carboxylic acids is 2. The van der Waals surface area contributed by atoms with Crippen LogP contribution in [0.15, 0.2) is 30.3 Å². The van der Waals surface area contributed by atoms with E-state index in [1.54, 1.807) is 24.3 Å². The highest BCUT2D eigenvalue weighted by molar-refractivity contribution is 6.25. The second-order valence-corrected chi connectivity index (χ2v) is 6.06.